The molecule has 7 heteroatoms. The van der Waals surface area contributed by atoms with Crippen LogP contribution in [0, 0.1) is 12.7 Å². The van der Waals surface area contributed by atoms with E-state index < -0.39 is 0 Å². The molecule has 2 heterocycles. The molecule has 0 bridgehead atoms. The second kappa shape index (κ2) is 7.48. The van der Waals surface area contributed by atoms with Crippen LogP contribution in [0.2, 0.25) is 0 Å². The van der Waals surface area contributed by atoms with Crippen LogP contribution < -0.4 is 5.32 Å². The number of nitrogens with one attached hydrogen (secondary N) is 2. The molecule has 4 aromatic rings. The third kappa shape index (κ3) is 3.55. The van der Waals surface area contributed by atoms with Gasteiger partial charge in [-0.05, 0) is 36.8 Å². The Hall–Kier alpha value is -3.74. The van der Waals surface area contributed by atoms with E-state index in [0.717, 1.165) is 17.1 Å². The van der Waals surface area contributed by atoms with E-state index in [1.165, 1.54) is 18.3 Å². The van der Waals surface area contributed by atoms with Gasteiger partial charge in [-0.1, -0.05) is 24.3 Å². The first-order valence-electron chi connectivity index (χ1n) is 8.78. The standard InChI is InChI=1S/C21H18FN5O/c1-14-23-9-10-27(14)18-7-5-15(6-8-18)12-24-21(28)19-13-25-26-20(19)16-3-2-4-17(22)11-16/h2-11,13H,12H2,1H3,(H,24,28)(H,25,26). The summed E-state index contributed by atoms with van der Waals surface area (Å²) in [6.45, 7) is 2.31. The number of H-pyrrole nitrogens is 1. The summed E-state index contributed by atoms with van der Waals surface area (Å²) >= 11 is 0. The van der Waals surface area contributed by atoms with Crippen molar-refractivity contribution in [1.29, 1.82) is 0 Å². The summed E-state index contributed by atoms with van der Waals surface area (Å²) in [4.78, 5) is 16.8. The molecule has 1 amide bonds. The first-order chi connectivity index (χ1) is 13.6. The molecule has 0 spiro atoms. The summed E-state index contributed by atoms with van der Waals surface area (Å²) in [5.74, 6) is 0.264. The van der Waals surface area contributed by atoms with Crippen LogP contribution in [0.5, 0.6) is 0 Å². The Morgan fingerprint density at radius 3 is 2.75 bits per heavy atom. The van der Waals surface area contributed by atoms with Crippen molar-refractivity contribution >= 4 is 5.91 Å². The molecule has 140 valence electrons. The predicted octanol–water partition coefficient (Wildman–Crippen LogP) is 3.64. The van der Waals surface area contributed by atoms with Gasteiger partial charge < -0.3 is 9.88 Å². The van der Waals surface area contributed by atoms with Gasteiger partial charge in [-0.3, -0.25) is 9.89 Å². The van der Waals surface area contributed by atoms with Crippen LogP contribution in [-0.2, 0) is 6.54 Å². The Morgan fingerprint density at radius 2 is 2.04 bits per heavy atom. The summed E-state index contributed by atoms with van der Waals surface area (Å²) in [6.07, 6.45) is 5.10. The highest BCUT2D eigenvalue weighted by Crippen LogP contribution is 2.22. The number of carbonyl (C=O) groups is 1. The molecule has 0 saturated carbocycles. The lowest BCUT2D eigenvalue weighted by atomic mass is 10.1. The Labute approximate surface area is 161 Å². The quantitative estimate of drug-likeness (QED) is 0.559. The molecule has 4 rings (SSSR count). The molecule has 0 aliphatic heterocycles. The van der Waals surface area contributed by atoms with Crippen molar-refractivity contribution in [3.8, 4) is 16.9 Å². The largest absolute Gasteiger partial charge is 0.348 e. The van der Waals surface area contributed by atoms with Crippen molar-refractivity contribution in [2.75, 3.05) is 0 Å². The lowest BCUT2D eigenvalue weighted by Gasteiger charge is -2.08. The number of carbonyl (C=O) groups excluding carboxylic acids is 1. The summed E-state index contributed by atoms with van der Waals surface area (Å²) in [6, 6.07) is 13.9. The zero-order chi connectivity index (χ0) is 19.5. The fourth-order valence-electron chi connectivity index (χ4n) is 3.03. The van der Waals surface area contributed by atoms with Crippen molar-refractivity contribution in [2.45, 2.75) is 13.5 Å². The topological polar surface area (TPSA) is 75.6 Å². The van der Waals surface area contributed by atoms with Crippen LogP contribution in [0.25, 0.3) is 16.9 Å². The minimum Gasteiger partial charge on any atom is -0.348 e. The van der Waals surface area contributed by atoms with Gasteiger partial charge in [0.05, 0.1) is 17.5 Å². The predicted molar refractivity (Wildman–Crippen MR) is 103 cm³/mol. The van der Waals surface area contributed by atoms with Gasteiger partial charge in [0, 0.05) is 30.2 Å². The van der Waals surface area contributed by atoms with E-state index in [-0.39, 0.29) is 11.7 Å². The first kappa shape index (κ1) is 17.7. The molecule has 0 saturated heterocycles. The average Bonchev–Trinajstić information content (AvgIpc) is 3.36. The van der Waals surface area contributed by atoms with Crippen LogP contribution in [0.1, 0.15) is 21.7 Å². The Bertz CT molecular complexity index is 1110. The van der Waals surface area contributed by atoms with E-state index >= 15 is 0 Å². The zero-order valence-electron chi connectivity index (χ0n) is 15.2. The molecular weight excluding hydrogens is 357 g/mol. The fraction of sp³-hybridized carbons (Fsp3) is 0.0952. The fourth-order valence-corrected chi connectivity index (χ4v) is 3.03. The Morgan fingerprint density at radius 1 is 1.21 bits per heavy atom. The number of benzene rings is 2. The first-order valence-corrected chi connectivity index (χ1v) is 8.78. The summed E-state index contributed by atoms with van der Waals surface area (Å²) in [5.41, 5.74) is 3.40. The lowest BCUT2D eigenvalue weighted by Crippen LogP contribution is -2.23. The van der Waals surface area contributed by atoms with Crippen LogP contribution in [-0.4, -0.2) is 25.7 Å². The van der Waals surface area contributed by atoms with E-state index in [0.29, 0.717) is 23.4 Å². The van der Waals surface area contributed by atoms with Gasteiger partial charge in [-0.25, -0.2) is 9.37 Å². The van der Waals surface area contributed by atoms with Gasteiger partial charge >= 0.3 is 0 Å². The molecular formula is C21H18FN5O. The highest BCUT2D eigenvalue weighted by molar-refractivity contribution is 5.99. The van der Waals surface area contributed by atoms with E-state index in [9.17, 15) is 9.18 Å². The molecule has 0 radical (unpaired) electrons. The zero-order valence-corrected chi connectivity index (χ0v) is 15.2. The minimum absolute atomic E-state index is 0.275. The van der Waals surface area contributed by atoms with E-state index in [1.807, 2.05) is 42.0 Å². The van der Waals surface area contributed by atoms with Crippen LogP contribution >= 0.6 is 0 Å². The molecule has 28 heavy (non-hydrogen) atoms. The average molecular weight is 375 g/mol. The molecule has 2 aromatic heterocycles. The van der Waals surface area contributed by atoms with Crippen molar-refractivity contribution in [3.63, 3.8) is 0 Å². The highest BCUT2D eigenvalue weighted by atomic mass is 19.1. The number of amides is 1. The third-order valence-electron chi connectivity index (χ3n) is 4.49. The van der Waals surface area contributed by atoms with Crippen molar-refractivity contribution in [3.05, 3.63) is 89.9 Å². The van der Waals surface area contributed by atoms with Crippen molar-refractivity contribution < 1.29 is 9.18 Å². The molecule has 0 aliphatic carbocycles. The number of aromatic nitrogens is 4. The Kier molecular flexibility index (Phi) is 4.72. The van der Waals surface area contributed by atoms with Crippen LogP contribution in [0.15, 0.2) is 67.1 Å². The Balaban J connectivity index is 1.46. The molecule has 2 N–H and O–H groups in total. The van der Waals surface area contributed by atoms with Gasteiger partial charge in [0.25, 0.3) is 5.91 Å². The third-order valence-corrected chi connectivity index (χ3v) is 4.49. The van der Waals surface area contributed by atoms with Gasteiger partial charge in [0.2, 0.25) is 0 Å². The lowest BCUT2D eigenvalue weighted by molar-refractivity contribution is 0.0951. The van der Waals surface area contributed by atoms with Crippen LogP contribution in [0.3, 0.4) is 0 Å². The van der Waals surface area contributed by atoms with E-state index in [4.69, 9.17) is 0 Å². The number of hydrogen-bond donors (Lipinski definition) is 2. The summed E-state index contributed by atoms with van der Waals surface area (Å²) < 4.78 is 15.5. The maximum Gasteiger partial charge on any atom is 0.255 e. The SMILES string of the molecule is Cc1nccn1-c1ccc(CNC(=O)c2cn[nH]c2-c2cccc(F)c2)cc1. The van der Waals surface area contributed by atoms with Crippen molar-refractivity contribution in [2.24, 2.45) is 0 Å². The van der Waals surface area contributed by atoms with E-state index in [2.05, 4.69) is 20.5 Å². The molecule has 2 aromatic carbocycles. The smallest absolute Gasteiger partial charge is 0.255 e. The monoisotopic (exact) mass is 375 g/mol. The number of aromatic amines is 1. The second-order valence-corrected chi connectivity index (χ2v) is 6.36. The second-order valence-electron chi connectivity index (χ2n) is 6.36. The van der Waals surface area contributed by atoms with E-state index in [1.54, 1.807) is 18.3 Å². The van der Waals surface area contributed by atoms with Gasteiger partial charge in [0.15, 0.2) is 0 Å². The summed E-state index contributed by atoms with van der Waals surface area (Å²) in [5, 5.41) is 9.59. The van der Waals surface area contributed by atoms with Gasteiger partial charge in [-0.2, -0.15) is 5.10 Å². The number of imidazole rings is 1. The molecule has 0 fully saturated rings. The minimum atomic E-state index is -0.369. The normalized spacial score (nSPS) is 10.8. The number of aryl methyl sites for hydroxylation is 1. The number of rotatable bonds is 5. The maximum absolute atomic E-state index is 13.5. The van der Waals surface area contributed by atoms with Crippen molar-refractivity contribution in [1.82, 2.24) is 25.1 Å². The van der Waals surface area contributed by atoms with Gasteiger partial charge in [-0.15, -0.1) is 0 Å². The molecule has 0 atom stereocenters. The molecule has 6 nitrogen and oxygen atoms in total. The number of halogens is 1. The number of hydrogen-bond acceptors (Lipinski definition) is 3. The maximum atomic E-state index is 13.5. The van der Waals surface area contributed by atoms with Crippen LogP contribution in [0.4, 0.5) is 4.39 Å². The molecule has 0 unspecified atom stereocenters. The highest BCUT2D eigenvalue weighted by Gasteiger charge is 2.15. The molecule has 0 aliphatic rings. The van der Waals surface area contributed by atoms with Gasteiger partial charge in [0.1, 0.15) is 11.6 Å². The number of nitrogens with zero attached hydrogens (tertiary/aromatic N) is 3. The summed E-state index contributed by atoms with van der Waals surface area (Å²) in [7, 11) is 0.